The van der Waals surface area contributed by atoms with Crippen LogP contribution in [0.5, 0.6) is 0 Å². The van der Waals surface area contributed by atoms with Crippen molar-refractivity contribution in [1.29, 1.82) is 0 Å². The summed E-state index contributed by atoms with van der Waals surface area (Å²) in [6.07, 6.45) is 2.58. The van der Waals surface area contributed by atoms with Gasteiger partial charge in [-0.15, -0.1) is 0 Å². The minimum absolute atomic E-state index is 0.0370. The van der Waals surface area contributed by atoms with Crippen molar-refractivity contribution in [2.75, 3.05) is 26.7 Å². The molecular formula is C10H18N2O2. The molecule has 0 saturated carbocycles. The van der Waals surface area contributed by atoms with Crippen LogP contribution in [0.3, 0.4) is 0 Å². The van der Waals surface area contributed by atoms with Crippen LogP contribution >= 0.6 is 0 Å². The van der Waals surface area contributed by atoms with Crippen LogP contribution in [0.1, 0.15) is 19.3 Å². The van der Waals surface area contributed by atoms with Crippen LogP contribution < -0.4 is 0 Å². The third-order valence-electron chi connectivity index (χ3n) is 3.27. The lowest BCUT2D eigenvalue weighted by molar-refractivity contribution is -0.132. The topological polar surface area (TPSA) is 43.8 Å². The van der Waals surface area contributed by atoms with Gasteiger partial charge in [-0.3, -0.25) is 9.69 Å². The van der Waals surface area contributed by atoms with Gasteiger partial charge in [-0.25, -0.2) is 0 Å². The molecule has 0 aromatic rings. The van der Waals surface area contributed by atoms with Gasteiger partial charge in [0.1, 0.15) is 0 Å². The monoisotopic (exact) mass is 198 g/mol. The number of carbonyl (C=O) groups is 1. The Morgan fingerprint density at radius 1 is 1.36 bits per heavy atom. The van der Waals surface area contributed by atoms with Gasteiger partial charge in [0, 0.05) is 20.1 Å². The van der Waals surface area contributed by atoms with Gasteiger partial charge >= 0.3 is 0 Å². The summed E-state index contributed by atoms with van der Waals surface area (Å²) in [4.78, 5) is 15.6. The number of nitrogens with zero attached hydrogens (tertiary/aromatic N) is 2. The summed E-state index contributed by atoms with van der Waals surface area (Å²) in [6.45, 7) is 2.49. The van der Waals surface area contributed by atoms with Crippen LogP contribution in [0.25, 0.3) is 0 Å². The molecule has 0 unspecified atom stereocenters. The normalized spacial score (nSPS) is 35.3. The van der Waals surface area contributed by atoms with E-state index >= 15 is 0 Å². The number of aliphatic hydroxyl groups excluding tert-OH is 1. The lowest BCUT2D eigenvalue weighted by Gasteiger charge is -2.33. The van der Waals surface area contributed by atoms with E-state index in [-0.39, 0.29) is 18.1 Å². The maximum atomic E-state index is 11.7. The van der Waals surface area contributed by atoms with E-state index in [2.05, 4.69) is 4.90 Å². The van der Waals surface area contributed by atoms with Crippen molar-refractivity contribution in [3.05, 3.63) is 0 Å². The van der Waals surface area contributed by atoms with Gasteiger partial charge in [0.05, 0.1) is 12.1 Å². The number of aliphatic hydroxyl groups is 1. The molecule has 0 aromatic heterocycles. The first-order chi connectivity index (χ1) is 6.68. The van der Waals surface area contributed by atoms with Gasteiger partial charge in [0.2, 0.25) is 5.91 Å². The fourth-order valence-electron chi connectivity index (χ4n) is 2.41. The van der Waals surface area contributed by atoms with E-state index in [1.54, 1.807) is 4.90 Å². The van der Waals surface area contributed by atoms with Crippen LogP contribution in [-0.2, 0) is 4.79 Å². The lowest BCUT2D eigenvalue weighted by Crippen LogP contribution is -2.47. The van der Waals surface area contributed by atoms with Crippen molar-refractivity contribution in [3.8, 4) is 0 Å². The van der Waals surface area contributed by atoms with Crippen LogP contribution in [0.15, 0.2) is 0 Å². The zero-order valence-corrected chi connectivity index (χ0v) is 8.65. The Hall–Kier alpha value is -0.610. The molecule has 4 nitrogen and oxygen atoms in total. The molecule has 1 amide bonds. The van der Waals surface area contributed by atoms with Crippen LogP contribution in [-0.4, -0.2) is 59.6 Å². The second-order valence-electron chi connectivity index (χ2n) is 4.36. The minimum Gasteiger partial charge on any atom is -0.392 e. The van der Waals surface area contributed by atoms with Crippen molar-refractivity contribution in [1.82, 2.24) is 9.80 Å². The standard InChI is InChI=1S/C10H18N2O2/c1-11-6-4-9(10(11)14)12-5-2-3-8(13)7-12/h8-9,13H,2-7H2,1H3/t8-,9+/m0/s1. The average molecular weight is 198 g/mol. The van der Waals surface area contributed by atoms with Gasteiger partial charge in [-0.1, -0.05) is 0 Å². The lowest BCUT2D eigenvalue weighted by atomic mass is 10.1. The van der Waals surface area contributed by atoms with E-state index in [4.69, 9.17) is 0 Å². The van der Waals surface area contributed by atoms with Gasteiger partial charge < -0.3 is 10.0 Å². The summed E-state index contributed by atoms with van der Waals surface area (Å²) in [5.74, 6) is 0.221. The molecule has 2 aliphatic rings. The highest BCUT2D eigenvalue weighted by molar-refractivity contribution is 5.83. The van der Waals surface area contributed by atoms with Crippen LogP contribution in [0.2, 0.25) is 0 Å². The number of hydrogen-bond donors (Lipinski definition) is 1. The predicted octanol–water partition coefficient (Wildman–Crippen LogP) is -0.326. The molecule has 2 fully saturated rings. The van der Waals surface area contributed by atoms with E-state index in [1.165, 1.54) is 0 Å². The highest BCUT2D eigenvalue weighted by Crippen LogP contribution is 2.20. The van der Waals surface area contributed by atoms with E-state index in [0.717, 1.165) is 32.4 Å². The van der Waals surface area contributed by atoms with E-state index in [1.807, 2.05) is 7.05 Å². The summed E-state index contributed by atoms with van der Waals surface area (Å²) < 4.78 is 0. The molecule has 2 aliphatic heterocycles. The molecule has 80 valence electrons. The average Bonchev–Trinajstić information content (AvgIpc) is 2.48. The van der Waals surface area contributed by atoms with Crippen molar-refractivity contribution in [2.24, 2.45) is 0 Å². The Kier molecular flexibility index (Phi) is 2.74. The Morgan fingerprint density at radius 3 is 2.71 bits per heavy atom. The second-order valence-corrected chi connectivity index (χ2v) is 4.36. The molecule has 14 heavy (non-hydrogen) atoms. The smallest absolute Gasteiger partial charge is 0.239 e. The number of β-amino-alcohol motifs (C(OH)–C–C–N with tert-alkyl or cyclic N) is 1. The molecule has 0 radical (unpaired) electrons. The zero-order valence-electron chi connectivity index (χ0n) is 8.65. The summed E-state index contributed by atoms with van der Waals surface area (Å²) in [6, 6.07) is 0.0370. The number of carbonyl (C=O) groups excluding carboxylic acids is 1. The zero-order chi connectivity index (χ0) is 10.1. The number of hydrogen-bond acceptors (Lipinski definition) is 3. The first-order valence-electron chi connectivity index (χ1n) is 5.35. The first kappa shape index (κ1) is 9.93. The van der Waals surface area contributed by atoms with Gasteiger partial charge in [-0.05, 0) is 25.8 Å². The highest BCUT2D eigenvalue weighted by atomic mass is 16.3. The van der Waals surface area contributed by atoms with Crippen molar-refractivity contribution >= 4 is 5.91 Å². The quantitative estimate of drug-likeness (QED) is 0.627. The molecule has 0 aromatic carbocycles. The third-order valence-corrected chi connectivity index (χ3v) is 3.27. The van der Waals surface area contributed by atoms with Gasteiger partial charge in [-0.2, -0.15) is 0 Å². The Balaban J connectivity index is 1.97. The van der Waals surface area contributed by atoms with Crippen molar-refractivity contribution in [2.45, 2.75) is 31.4 Å². The van der Waals surface area contributed by atoms with Gasteiger partial charge in [0.25, 0.3) is 0 Å². The maximum Gasteiger partial charge on any atom is 0.239 e. The van der Waals surface area contributed by atoms with Crippen LogP contribution in [0, 0.1) is 0 Å². The Bertz CT molecular complexity index is 232. The molecule has 2 atom stereocenters. The Labute approximate surface area is 84.5 Å². The van der Waals surface area contributed by atoms with E-state index < -0.39 is 0 Å². The van der Waals surface area contributed by atoms with Crippen molar-refractivity contribution in [3.63, 3.8) is 0 Å². The first-order valence-corrected chi connectivity index (χ1v) is 5.35. The summed E-state index contributed by atoms with van der Waals surface area (Å²) in [5, 5.41) is 9.53. The molecule has 0 spiro atoms. The fourth-order valence-corrected chi connectivity index (χ4v) is 2.41. The largest absolute Gasteiger partial charge is 0.392 e. The van der Waals surface area contributed by atoms with E-state index in [0.29, 0.717) is 6.54 Å². The highest BCUT2D eigenvalue weighted by Gasteiger charge is 2.35. The second kappa shape index (κ2) is 3.87. The maximum absolute atomic E-state index is 11.7. The molecular weight excluding hydrogens is 180 g/mol. The van der Waals surface area contributed by atoms with Gasteiger partial charge in [0.15, 0.2) is 0 Å². The number of amides is 1. The predicted molar refractivity (Wildman–Crippen MR) is 52.9 cm³/mol. The third kappa shape index (κ3) is 1.77. The summed E-state index contributed by atoms with van der Waals surface area (Å²) >= 11 is 0. The van der Waals surface area contributed by atoms with Crippen molar-refractivity contribution < 1.29 is 9.90 Å². The molecule has 2 rings (SSSR count). The summed E-state index contributed by atoms with van der Waals surface area (Å²) in [5.41, 5.74) is 0. The fraction of sp³-hybridized carbons (Fsp3) is 0.900. The summed E-state index contributed by atoms with van der Waals surface area (Å²) in [7, 11) is 1.85. The molecule has 0 bridgehead atoms. The van der Waals surface area contributed by atoms with E-state index in [9.17, 15) is 9.90 Å². The molecule has 1 N–H and O–H groups in total. The van der Waals surface area contributed by atoms with Crippen LogP contribution in [0.4, 0.5) is 0 Å². The SMILES string of the molecule is CN1CC[C@@H](N2CCC[C@H](O)C2)C1=O. The number of likely N-dealkylation sites (tertiary alicyclic amines) is 2. The molecule has 4 heteroatoms. The number of rotatable bonds is 1. The molecule has 2 heterocycles. The Morgan fingerprint density at radius 2 is 2.14 bits per heavy atom. The minimum atomic E-state index is -0.234. The number of piperidine rings is 1. The molecule has 2 saturated heterocycles. The number of likely N-dealkylation sites (N-methyl/N-ethyl adjacent to an activating group) is 1. The molecule has 0 aliphatic carbocycles.